The molecule has 1 nitrogen and oxygen atoms in total. The quantitative estimate of drug-likeness (QED) is 0.509. The molecule has 0 rings (SSSR count). The Labute approximate surface area is 34.3 Å². The van der Waals surface area contributed by atoms with Crippen molar-refractivity contribution in [1.82, 2.24) is 0 Å². The van der Waals surface area contributed by atoms with Gasteiger partial charge in [0.2, 0.25) is 0 Å². The van der Waals surface area contributed by atoms with E-state index in [1.807, 2.05) is 0 Å². The Hall–Kier alpha value is 0.759. The van der Waals surface area contributed by atoms with Gasteiger partial charge in [-0.3, -0.25) is 0 Å². The first-order valence-corrected chi connectivity index (χ1v) is 8.64. The fourth-order valence-corrected chi connectivity index (χ4v) is 0. The standard InChI is InChI=1S/2CH3.H2N.Sn/h2*1H3;1H2;/q;;-1;+1. The second-order valence-electron chi connectivity index (χ2n) is 1.08. The van der Waals surface area contributed by atoms with Gasteiger partial charge in [0.25, 0.3) is 0 Å². The minimum atomic E-state index is -1.04. The molecule has 0 saturated heterocycles. The summed E-state index contributed by atoms with van der Waals surface area (Å²) in [7, 11) is 0. The van der Waals surface area contributed by atoms with Crippen molar-refractivity contribution in [2.75, 3.05) is 0 Å². The first kappa shape index (κ1) is 4.76. The van der Waals surface area contributed by atoms with Gasteiger partial charge in [0.15, 0.2) is 0 Å². The van der Waals surface area contributed by atoms with Gasteiger partial charge in [-0.05, 0) is 0 Å². The third-order valence-electron chi connectivity index (χ3n) is 0. The molecule has 0 amide bonds. The third-order valence-corrected chi connectivity index (χ3v) is 0. The predicted molar refractivity (Wildman–Crippen MR) is 21.7 cm³/mol. The van der Waals surface area contributed by atoms with Crippen LogP contribution < -0.4 is 3.96 Å². The van der Waals surface area contributed by atoms with Gasteiger partial charge in [0.1, 0.15) is 0 Å². The summed E-state index contributed by atoms with van der Waals surface area (Å²) in [6, 6.07) is 0. The van der Waals surface area contributed by atoms with Crippen molar-refractivity contribution in [3.05, 3.63) is 0 Å². The molecule has 0 aromatic carbocycles. The van der Waals surface area contributed by atoms with Crippen LogP contribution in [0.4, 0.5) is 0 Å². The molecule has 0 heterocycles. The molecule has 1 radical (unpaired) electrons. The van der Waals surface area contributed by atoms with E-state index < -0.39 is 20.0 Å². The fraction of sp³-hybridized carbons (Fsp3) is 1.00. The summed E-state index contributed by atoms with van der Waals surface area (Å²) < 4.78 is 5.31. The zero-order valence-electron chi connectivity index (χ0n) is 3.08. The molecule has 2 heteroatoms. The number of hydrogen-bond donors (Lipinski definition) is 1. The molecule has 25 valence electrons. The van der Waals surface area contributed by atoms with Gasteiger partial charge in [0.05, 0.1) is 0 Å². The van der Waals surface area contributed by atoms with Crippen molar-refractivity contribution in [1.29, 1.82) is 0 Å². The first-order valence-electron chi connectivity index (χ1n) is 1.29. The van der Waals surface area contributed by atoms with Gasteiger partial charge in [-0.25, -0.2) is 0 Å². The summed E-state index contributed by atoms with van der Waals surface area (Å²) in [6.45, 7) is 0. The fourth-order valence-electron chi connectivity index (χ4n) is 0. The third kappa shape index (κ3) is 14.8. The molecule has 0 aromatic heterocycles. The number of hydrogen-bond acceptors (Lipinski definition) is 1. The van der Waals surface area contributed by atoms with Crippen LogP contribution in [0.3, 0.4) is 0 Å². The topological polar surface area (TPSA) is 26.0 Å². The summed E-state index contributed by atoms with van der Waals surface area (Å²) in [5, 5.41) is 0. The maximum atomic E-state index is 5.31. The average molecular weight is 165 g/mol. The molecule has 0 fully saturated rings. The molecular formula is C2H8NSn. The summed E-state index contributed by atoms with van der Waals surface area (Å²) in [5.41, 5.74) is 0. The monoisotopic (exact) mass is 166 g/mol. The van der Waals surface area contributed by atoms with Crippen LogP contribution in [0.25, 0.3) is 0 Å². The zero-order valence-corrected chi connectivity index (χ0v) is 5.93. The molecule has 0 unspecified atom stereocenters. The summed E-state index contributed by atoms with van der Waals surface area (Å²) in [6.07, 6.45) is 0. The molecule has 0 aromatic rings. The van der Waals surface area contributed by atoms with E-state index in [4.69, 9.17) is 3.96 Å². The van der Waals surface area contributed by atoms with Crippen LogP contribution >= 0.6 is 0 Å². The molecule has 2 N–H and O–H groups in total. The molecule has 0 aliphatic heterocycles. The second-order valence-corrected chi connectivity index (χ2v) is 7.23. The van der Waals surface area contributed by atoms with Crippen LogP contribution in [0, 0.1) is 0 Å². The van der Waals surface area contributed by atoms with Crippen LogP contribution in [-0.4, -0.2) is 20.0 Å². The van der Waals surface area contributed by atoms with Gasteiger partial charge in [-0.2, -0.15) is 0 Å². The summed E-state index contributed by atoms with van der Waals surface area (Å²) in [5.74, 6) is 0. The van der Waals surface area contributed by atoms with E-state index in [9.17, 15) is 0 Å². The van der Waals surface area contributed by atoms with Crippen molar-refractivity contribution < 1.29 is 0 Å². The Balaban J connectivity index is 2.32. The molecular weight excluding hydrogens is 157 g/mol. The Bertz CT molecular complexity index is 10.8. The van der Waals surface area contributed by atoms with Crippen molar-refractivity contribution in [3.63, 3.8) is 0 Å². The maximum absolute atomic E-state index is 5.31. The van der Waals surface area contributed by atoms with Gasteiger partial charge >= 0.3 is 33.9 Å². The molecule has 0 spiro atoms. The molecule has 4 heavy (non-hydrogen) atoms. The molecule has 0 atom stereocenters. The van der Waals surface area contributed by atoms with Crippen LogP contribution in [-0.2, 0) is 0 Å². The van der Waals surface area contributed by atoms with Crippen molar-refractivity contribution in [3.8, 4) is 0 Å². The van der Waals surface area contributed by atoms with Crippen molar-refractivity contribution in [2.45, 2.75) is 9.88 Å². The van der Waals surface area contributed by atoms with Crippen LogP contribution in [0.15, 0.2) is 0 Å². The van der Waals surface area contributed by atoms with Gasteiger partial charge < -0.3 is 0 Å². The Morgan fingerprint density at radius 2 is 1.50 bits per heavy atom. The van der Waals surface area contributed by atoms with Crippen LogP contribution in [0.2, 0.25) is 9.88 Å². The van der Waals surface area contributed by atoms with Gasteiger partial charge in [-0.15, -0.1) is 0 Å². The second kappa shape index (κ2) is 2.02. The van der Waals surface area contributed by atoms with Crippen molar-refractivity contribution >= 4 is 20.0 Å². The minimum absolute atomic E-state index is 1.04. The molecule has 0 aliphatic carbocycles. The average Bonchev–Trinajstić information content (AvgIpc) is 0.811. The Morgan fingerprint density at radius 1 is 1.50 bits per heavy atom. The molecule has 0 saturated carbocycles. The van der Waals surface area contributed by atoms with E-state index in [1.54, 1.807) is 0 Å². The number of nitrogens with two attached hydrogens (primary N) is 1. The zero-order chi connectivity index (χ0) is 3.58. The predicted octanol–water partition coefficient (Wildman–Crippen LogP) is 0.196. The van der Waals surface area contributed by atoms with Crippen LogP contribution in [0.5, 0.6) is 0 Å². The van der Waals surface area contributed by atoms with E-state index in [-0.39, 0.29) is 0 Å². The van der Waals surface area contributed by atoms with Crippen molar-refractivity contribution in [2.24, 2.45) is 3.96 Å². The molecule has 0 bridgehead atoms. The van der Waals surface area contributed by atoms with E-state index in [1.165, 1.54) is 0 Å². The summed E-state index contributed by atoms with van der Waals surface area (Å²) in [4.78, 5) is 4.28. The van der Waals surface area contributed by atoms with E-state index in [0.717, 1.165) is 0 Å². The first-order chi connectivity index (χ1) is 1.73. The van der Waals surface area contributed by atoms with Crippen LogP contribution in [0.1, 0.15) is 0 Å². The number of rotatable bonds is 0. The van der Waals surface area contributed by atoms with E-state index in [0.29, 0.717) is 0 Å². The van der Waals surface area contributed by atoms with E-state index >= 15 is 0 Å². The van der Waals surface area contributed by atoms with E-state index in [2.05, 4.69) is 9.88 Å². The Morgan fingerprint density at radius 3 is 1.50 bits per heavy atom. The SMILES string of the molecule is [CH3][Sn]([CH3])[NH2]. The molecule has 0 aliphatic rings. The Kier molecular flexibility index (Phi) is 2.41. The normalized spacial score (nSPS) is 9.00. The van der Waals surface area contributed by atoms with Gasteiger partial charge in [-0.1, -0.05) is 0 Å². The summed E-state index contributed by atoms with van der Waals surface area (Å²) >= 11 is -1.04. The van der Waals surface area contributed by atoms with Gasteiger partial charge in [0, 0.05) is 0 Å².